The number of hydrogen-bond donors (Lipinski definition) is 2. The molecule has 0 radical (unpaired) electrons. The fraction of sp³-hybridized carbons (Fsp3) is 1.00. The molecule has 0 amide bonds. The van der Waals surface area contributed by atoms with Crippen molar-refractivity contribution in [2.24, 2.45) is 11.7 Å². The summed E-state index contributed by atoms with van der Waals surface area (Å²) in [5, 5.41) is 9.10. The molecule has 0 aliphatic carbocycles. The molecule has 0 spiro atoms. The van der Waals surface area contributed by atoms with E-state index in [4.69, 9.17) is 10.8 Å². The van der Waals surface area contributed by atoms with Crippen LogP contribution in [-0.4, -0.2) is 35.4 Å². The Morgan fingerprint density at radius 3 is 2.45 bits per heavy atom. The molecule has 1 aliphatic heterocycles. The van der Waals surface area contributed by atoms with E-state index in [1.807, 2.05) is 0 Å². The number of likely N-dealkylation sites (tertiary alicyclic amines) is 1. The van der Waals surface area contributed by atoms with Crippen molar-refractivity contribution in [3.8, 4) is 0 Å². The summed E-state index contributed by atoms with van der Waals surface area (Å²) in [5.74, 6) is 0.289. The highest BCUT2D eigenvalue weighted by atomic mass is 16.3. The molecule has 1 aliphatic rings. The van der Waals surface area contributed by atoms with Crippen molar-refractivity contribution in [2.75, 3.05) is 13.1 Å². The van der Waals surface area contributed by atoms with E-state index < -0.39 is 6.23 Å². The predicted octanol–water partition coefficient (Wildman–Crippen LogP) is -0.00620. The summed E-state index contributed by atoms with van der Waals surface area (Å²) in [6.45, 7) is 6.38. The third kappa shape index (κ3) is 2.15. The van der Waals surface area contributed by atoms with Gasteiger partial charge in [-0.05, 0) is 26.8 Å². The van der Waals surface area contributed by atoms with Crippen LogP contribution in [0.5, 0.6) is 0 Å². The Hall–Kier alpha value is -0.120. The van der Waals surface area contributed by atoms with Crippen LogP contribution in [0.15, 0.2) is 0 Å². The van der Waals surface area contributed by atoms with Crippen LogP contribution in [-0.2, 0) is 0 Å². The van der Waals surface area contributed by atoms with Gasteiger partial charge < -0.3 is 15.7 Å². The van der Waals surface area contributed by atoms with Gasteiger partial charge in [-0.25, -0.2) is 0 Å². The molecule has 0 aromatic carbocycles. The van der Waals surface area contributed by atoms with Crippen LogP contribution < -0.4 is 5.73 Å². The van der Waals surface area contributed by atoms with Gasteiger partial charge in [-0.1, -0.05) is 0 Å². The van der Waals surface area contributed by atoms with Gasteiger partial charge in [0.25, 0.3) is 0 Å². The van der Waals surface area contributed by atoms with Gasteiger partial charge in [0.15, 0.2) is 0 Å². The molecule has 0 aromatic heterocycles. The van der Waals surface area contributed by atoms with Gasteiger partial charge in [0.2, 0.25) is 0 Å². The summed E-state index contributed by atoms with van der Waals surface area (Å²) in [5.41, 5.74) is 5.39. The molecule has 1 fully saturated rings. The first kappa shape index (κ1) is 8.97. The van der Waals surface area contributed by atoms with Crippen LogP contribution >= 0.6 is 0 Å². The minimum atomic E-state index is -0.626. The molecule has 0 bridgehead atoms. The Morgan fingerprint density at radius 1 is 1.55 bits per heavy atom. The van der Waals surface area contributed by atoms with Gasteiger partial charge in [-0.15, -0.1) is 0 Å². The normalized spacial score (nSPS) is 29.7. The minimum absolute atomic E-state index is 0.289. The Balaban J connectivity index is 2.35. The Morgan fingerprint density at radius 2 is 2.18 bits per heavy atom. The van der Waals surface area contributed by atoms with Crippen LogP contribution in [0.25, 0.3) is 0 Å². The summed E-state index contributed by atoms with van der Waals surface area (Å²) in [7, 11) is 0. The van der Waals surface area contributed by atoms with E-state index in [-0.39, 0.29) is 5.92 Å². The van der Waals surface area contributed by atoms with E-state index >= 15 is 0 Å². The second-order valence-corrected chi connectivity index (χ2v) is 3.63. The van der Waals surface area contributed by atoms with Gasteiger partial charge in [0.05, 0.1) is 0 Å². The fourth-order valence-corrected chi connectivity index (χ4v) is 1.56. The summed E-state index contributed by atoms with van der Waals surface area (Å²) >= 11 is 0. The molecule has 3 heteroatoms. The quantitative estimate of drug-likeness (QED) is 0.556. The summed E-state index contributed by atoms with van der Waals surface area (Å²) in [4.78, 5) is 2.35. The first-order valence-electron chi connectivity index (χ1n) is 4.29. The van der Waals surface area contributed by atoms with E-state index in [1.165, 1.54) is 0 Å². The molecule has 11 heavy (non-hydrogen) atoms. The van der Waals surface area contributed by atoms with E-state index in [1.54, 1.807) is 0 Å². The molecule has 1 rings (SSSR count). The van der Waals surface area contributed by atoms with Crippen LogP contribution in [0, 0.1) is 5.92 Å². The highest BCUT2D eigenvalue weighted by molar-refractivity contribution is 4.79. The van der Waals surface area contributed by atoms with Gasteiger partial charge >= 0.3 is 0 Å². The Kier molecular flexibility index (Phi) is 2.87. The van der Waals surface area contributed by atoms with Crippen molar-refractivity contribution in [3.63, 3.8) is 0 Å². The number of hydrogen-bond acceptors (Lipinski definition) is 3. The molecule has 1 saturated heterocycles. The lowest BCUT2D eigenvalue weighted by atomic mass is 10.1. The van der Waals surface area contributed by atoms with E-state index in [2.05, 4.69) is 18.7 Å². The first-order chi connectivity index (χ1) is 5.11. The first-order valence-corrected chi connectivity index (χ1v) is 4.29. The largest absolute Gasteiger partial charge is 0.378 e. The van der Waals surface area contributed by atoms with Gasteiger partial charge in [-0.3, -0.25) is 0 Å². The van der Waals surface area contributed by atoms with Crippen LogP contribution in [0.2, 0.25) is 0 Å². The summed E-state index contributed by atoms with van der Waals surface area (Å²) in [6.07, 6.45) is 0.411. The number of aliphatic hydroxyl groups is 1. The lowest BCUT2D eigenvalue weighted by Gasteiger charge is -2.20. The zero-order chi connectivity index (χ0) is 8.43. The number of nitrogens with two attached hydrogens (primary N) is 1. The molecule has 2 atom stereocenters. The zero-order valence-electron chi connectivity index (χ0n) is 7.33. The van der Waals surface area contributed by atoms with Crippen molar-refractivity contribution in [3.05, 3.63) is 0 Å². The van der Waals surface area contributed by atoms with Gasteiger partial charge in [0.1, 0.15) is 6.23 Å². The van der Waals surface area contributed by atoms with E-state index in [0.29, 0.717) is 6.04 Å². The van der Waals surface area contributed by atoms with Crippen LogP contribution in [0.4, 0.5) is 0 Å². The highest BCUT2D eigenvalue weighted by Gasteiger charge is 2.27. The maximum atomic E-state index is 9.10. The standard InChI is InChI=1S/C8H18N2O/c1-6(2)10-4-3-7(5-10)8(9)11/h6-8,11H,3-5,9H2,1-2H3/t7?,8-/m1/s1. The number of aliphatic hydroxyl groups excluding tert-OH is 1. The maximum absolute atomic E-state index is 9.10. The average molecular weight is 158 g/mol. The molecule has 3 N–H and O–H groups in total. The SMILES string of the molecule is CC(C)N1CCC([C@H](N)O)C1. The van der Waals surface area contributed by atoms with E-state index in [9.17, 15) is 0 Å². The number of rotatable bonds is 2. The predicted molar refractivity (Wildman–Crippen MR) is 45.0 cm³/mol. The zero-order valence-corrected chi connectivity index (χ0v) is 7.33. The lowest BCUT2D eigenvalue weighted by molar-refractivity contribution is 0.113. The van der Waals surface area contributed by atoms with Gasteiger partial charge in [-0.2, -0.15) is 0 Å². The third-order valence-corrected chi connectivity index (χ3v) is 2.47. The van der Waals surface area contributed by atoms with Crippen molar-refractivity contribution >= 4 is 0 Å². The topological polar surface area (TPSA) is 49.5 Å². The Labute approximate surface area is 68.2 Å². The highest BCUT2D eigenvalue weighted by Crippen LogP contribution is 2.19. The summed E-state index contributed by atoms with van der Waals surface area (Å²) < 4.78 is 0. The molecular weight excluding hydrogens is 140 g/mol. The van der Waals surface area contributed by atoms with Crippen molar-refractivity contribution < 1.29 is 5.11 Å². The molecule has 1 unspecified atom stereocenters. The summed E-state index contributed by atoms with van der Waals surface area (Å²) in [6, 6.07) is 0.582. The second-order valence-electron chi connectivity index (χ2n) is 3.63. The minimum Gasteiger partial charge on any atom is -0.378 e. The van der Waals surface area contributed by atoms with Crippen LogP contribution in [0.1, 0.15) is 20.3 Å². The Bertz CT molecular complexity index is 111. The third-order valence-electron chi connectivity index (χ3n) is 2.47. The van der Waals surface area contributed by atoms with Crippen molar-refractivity contribution in [1.82, 2.24) is 4.90 Å². The van der Waals surface area contributed by atoms with Crippen LogP contribution in [0.3, 0.4) is 0 Å². The molecule has 0 aromatic rings. The molecule has 1 heterocycles. The molecular formula is C8H18N2O. The smallest absolute Gasteiger partial charge is 0.106 e. The van der Waals surface area contributed by atoms with Gasteiger partial charge in [0, 0.05) is 18.5 Å². The van der Waals surface area contributed by atoms with Crippen molar-refractivity contribution in [2.45, 2.75) is 32.5 Å². The molecule has 3 nitrogen and oxygen atoms in total. The van der Waals surface area contributed by atoms with E-state index in [0.717, 1.165) is 19.5 Å². The monoisotopic (exact) mass is 158 g/mol. The number of nitrogens with zero attached hydrogens (tertiary/aromatic N) is 1. The molecule has 0 saturated carbocycles. The van der Waals surface area contributed by atoms with Crippen molar-refractivity contribution in [1.29, 1.82) is 0 Å². The fourth-order valence-electron chi connectivity index (χ4n) is 1.56. The molecule has 66 valence electrons. The average Bonchev–Trinajstić information content (AvgIpc) is 2.33. The maximum Gasteiger partial charge on any atom is 0.106 e. The lowest BCUT2D eigenvalue weighted by Crippen LogP contribution is -2.34. The second kappa shape index (κ2) is 3.52.